The summed E-state index contributed by atoms with van der Waals surface area (Å²) in [7, 11) is 0. The Morgan fingerprint density at radius 3 is 2.88 bits per heavy atom. The molecule has 0 unspecified atom stereocenters. The number of hydrogen-bond acceptors (Lipinski definition) is 3. The maximum absolute atomic E-state index is 14.6. The number of piperazine rings is 1. The van der Waals surface area contributed by atoms with Crippen LogP contribution in [0.5, 0.6) is 0 Å². The fourth-order valence-electron chi connectivity index (χ4n) is 3.25. The summed E-state index contributed by atoms with van der Waals surface area (Å²) in [6.45, 7) is 3.61. The van der Waals surface area contributed by atoms with E-state index in [-0.39, 0.29) is 17.6 Å². The van der Waals surface area contributed by atoms with E-state index in [1.807, 2.05) is 37.3 Å². The van der Waals surface area contributed by atoms with Gasteiger partial charge in [0.1, 0.15) is 5.65 Å². The van der Waals surface area contributed by atoms with Crippen molar-refractivity contribution in [3.8, 4) is 0 Å². The smallest absolute Gasteiger partial charge is 0.277 e. The fourth-order valence-corrected chi connectivity index (χ4v) is 3.25. The van der Waals surface area contributed by atoms with Crippen LogP contribution in [0.25, 0.3) is 5.65 Å². The second-order valence-corrected chi connectivity index (χ2v) is 6.35. The predicted octanol–water partition coefficient (Wildman–Crippen LogP) is 2.57. The molecule has 0 saturated carbocycles. The SMILES string of the molecule is Cc1ccn2c(F)c(C(=O)N3CCN[C@H](c4ccccc4)C3)nc2c1. The number of benzene rings is 1. The van der Waals surface area contributed by atoms with Crippen molar-refractivity contribution in [2.45, 2.75) is 13.0 Å². The molecule has 1 saturated heterocycles. The molecule has 2 aromatic heterocycles. The normalized spacial score (nSPS) is 17.8. The van der Waals surface area contributed by atoms with E-state index in [9.17, 15) is 9.18 Å². The predicted molar refractivity (Wildman–Crippen MR) is 93.0 cm³/mol. The molecule has 1 aliphatic rings. The Bertz CT molecular complexity index is 922. The molecule has 5 nitrogen and oxygen atoms in total. The van der Waals surface area contributed by atoms with Gasteiger partial charge in [0.25, 0.3) is 5.91 Å². The second kappa shape index (κ2) is 6.29. The van der Waals surface area contributed by atoms with E-state index >= 15 is 0 Å². The molecule has 0 radical (unpaired) electrons. The Balaban J connectivity index is 1.61. The highest BCUT2D eigenvalue weighted by atomic mass is 19.1. The number of pyridine rings is 1. The highest BCUT2D eigenvalue weighted by molar-refractivity contribution is 5.93. The molecular weight excluding hydrogens is 319 g/mol. The van der Waals surface area contributed by atoms with E-state index in [0.29, 0.717) is 25.3 Å². The maximum Gasteiger partial charge on any atom is 0.277 e. The van der Waals surface area contributed by atoms with Crippen LogP contribution < -0.4 is 5.32 Å². The number of aryl methyl sites for hydroxylation is 1. The summed E-state index contributed by atoms with van der Waals surface area (Å²) < 4.78 is 15.9. The number of rotatable bonds is 2. The van der Waals surface area contributed by atoms with Gasteiger partial charge in [-0.1, -0.05) is 30.3 Å². The summed E-state index contributed by atoms with van der Waals surface area (Å²) in [4.78, 5) is 18.7. The summed E-state index contributed by atoms with van der Waals surface area (Å²) in [5.41, 5.74) is 2.43. The van der Waals surface area contributed by atoms with Gasteiger partial charge in [-0.05, 0) is 30.2 Å². The molecule has 0 bridgehead atoms. The standard InChI is InChI=1S/C19H19FN4O/c1-13-7-9-24-16(11-13)22-17(18(24)20)19(25)23-10-8-21-15(12-23)14-5-3-2-4-6-14/h2-7,9,11,15,21H,8,10,12H2,1H3/t15-/m0/s1. The Morgan fingerprint density at radius 1 is 1.28 bits per heavy atom. The summed E-state index contributed by atoms with van der Waals surface area (Å²) in [6.07, 6.45) is 1.61. The molecule has 6 heteroatoms. The molecule has 0 spiro atoms. The Labute approximate surface area is 145 Å². The van der Waals surface area contributed by atoms with Crippen LogP contribution in [0.2, 0.25) is 0 Å². The first-order chi connectivity index (χ1) is 12.1. The summed E-state index contributed by atoms with van der Waals surface area (Å²) in [6, 6.07) is 13.6. The number of nitrogens with one attached hydrogen (secondary N) is 1. The molecule has 0 aliphatic carbocycles. The van der Waals surface area contributed by atoms with Crippen LogP contribution in [-0.2, 0) is 0 Å². The highest BCUT2D eigenvalue weighted by Crippen LogP contribution is 2.20. The van der Waals surface area contributed by atoms with Gasteiger partial charge >= 0.3 is 0 Å². The van der Waals surface area contributed by atoms with Crippen molar-refractivity contribution in [2.75, 3.05) is 19.6 Å². The number of amides is 1. The lowest BCUT2D eigenvalue weighted by Crippen LogP contribution is -2.48. The maximum atomic E-state index is 14.6. The van der Waals surface area contributed by atoms with Gasteiger partial charge in [-0.2, -0.15) is 4.39 Å². The molecule has 1 atom stereocenters. The van der Waals surface area contributed by atoms with Gasteiger partial charge < -0.3 is 10.2 Å². The van der Waals surface area contributed by atoms with Crippen molar-refractivity contribution in [3.63, 3.8) is 0 Å². The van der Waals surface area contributed by atoms with Crippen molar-refractivity contribution >= 4 is 11.6 Å². The molecule has 4 rings (SSSR count). The topological polar surface area (TPSA) is 49.6 Å². The van der Waals surface area contributed by atoms with Crippen LogP contribution in [0.1, 0.15) is 27.7 Å². The zero-order valence-electron chi connectivity index (χ0n) is 13.9. The molecule has 1 aliphatic heterocycles. The molecule has 1 aromatic carbocycles. The number of nitrogens with zero attached hydrogens (tertiary/aromatic N) is 3. The molecule has 1 fully saturated rings. The van der Waals surface area contributed by atoms with Crippen molar-refractivity contribution in [1.29, 1.82) is 0 Å². The quantitative estimate of drug-likeness (QED) is 0.781. The van der Waals surface area contributed by atoms with Crippen molar-refractivity contribution in [2.24, 2.45) is 0 Å². The third-order valence-electron chi connectivity index (χ3n) is 4.59. The largest absolute Gasteiger partial charge is 0.334 e. The minimum Gasteiger partial charge on any atom is -0.334 e. The summed E-state index contributed by atoms with van der Waals surface area (Å²) in [5, 5.41) is 3.41. The van der Waals surface area contributed by atoms with Crippen LogP contribution in [0.3, 0.4) is 0 Å². The number of fused-ring (bicyclic) bond motifs is 1. The molecular formula is C19H19FN4O. The molecule has 3 aromatic rings. The Kier molecular flexibility index (Phi) is 3.97. The van der Waals surface area contributed by atoms with Crippen LogP contribution in [0, 0.1) is 12.9 Å². The number of aromatic nitrogens is 2. The van der Waals surface area contributed by atoms with E-state index in [4.69, 9.17) is 0 Å². The molecule has 128 valence electrons. The average Bonchev–Trinajstić information content (AvgIpc) is 2.98. The van der Waals surface area contributed by atoms with Gasteiger partial charge in [0.2, 0.25) is 5.95 Å². The van der Waals surface area contributed by atoms with E-state index in [1.54, 1.807) is 23.2 Å². The van der Waals surface area contributed by atoms with Gasteiger partial charge in [0, 0.05) is 31.9 Å². The number of carbonyl (C=O) groups is 1. The molecule has 1 N–H and O–H groups in total. The van der Waals surface area contributed by atoms with Gasteiger partial charge in [0.15, 0.2) is 5.69 Å². The highest BCUT2D eigenvalue weighted by Gasteiger charge is 2.29. The van der Waals surface area contributed by atoms with Crippen molar-refractivity contribution < 1.29 is 9.18 Å². The first-order valence-corrected chi connectivity index (χ1v) is 8.35. The third kappa shape index (κ3) is 2.89. The van der Waals surface area contributed by atoms with Crippen LogP contribution in [0.15, 0.2) is 48.7 Å². The van der Waals surface area contributed by atoms with E-state index in [0.717, 1.165) is 11.1 Å². The lowest BCUT2D eigenvalue weighted by atomic mass is 10.0. The van der Waals surface area contributed by atoms with Crippen LogP contribution in [0.4, 0.5) is 4.39 Å². The second-order valence-electron chi connectivity index (χ2n) is 6.35. The number of carbonyl (C=O) groups excluding carboxylic acids is 1. The fraction of sp³-hybridized carbons (Fsp3) is 0.263. The minimum absolute atomic E-state index is 0.0428. The first-order valence-electron chi connectivity index (χ1n) is 8.35. The molecule has 25 heavy (non-hydrogen) atoms. The minimum atomic E-state index is -0.602. The lowest BCUT2D eigenvalue weighted by molar-refractivity contribution is 0.0692. The molecule has 1 amide bonds. The first kappa shape index (κ1) is 15.8. The summed E-state index contributed by atoms with van der Waals surface area (Å²) >= 11 is 0. The zero-order valence-corrected chi connectivity index (χ0v) is 13.9. The van der Waals surface area contributed by atoms with Gasteiger partial charge in [0.05, 0.1) is 0 Å². The van der Waals surface area contributed by atoms with E-state index in [2.05, 4.69) is 10.3 Å². The number of halogens is 1. The van der Waals surface area contributed by atoms with Gasteiger partial charge in [-0.15, -0.1) is 0 Å². The zero-order chi connectivity index (χ0) is 17.4. The van der Waals surface area contributed by atoms with Gasteiger partial charge in [-0.3, -0.25) is 9.20 Å². The Hall–Kier alpha value is -2.73. The van der Waals surface area contributed by atoms with Crippen molar-refractivity contribution in [3.05, 3.63) is 71.4 Å². The Morgan fingerprint density at radius 2 is 2.08 bits per heavy atom. The lowest BCUT2D eigenvalue weighted by Gasteiger charge is -2.33. The average molecular weight is 338 g/mol. The van der Waals surface area contributed by atoms with E-state index in [1.165, 1.54) is 4.40 Å². The summed E-state index contributed by atoms with van der Waals surface area (Å²) in [5.74, 6) is -0.962. The van der Waals surface area contributed by atoms with Crippen LogP contribution >= 0.6 is 0 Å². The molecule has 3 heterocycles. The van der Waals surface area contributed by atoms with Gasteiger partial charge in [-0.25, -0.2) is 4.98 Å². The number of imidazole rings is 1. The monoisotopic (exact) mass is 338 g/mol. The number of hydrogen-bond donors (Lipinski definition) is 1. The van der Waals surface area contributed by atoms with E-state index < -0.39 is 5.95 Å². The third-order valence-corrected chi connectivity index (χ3v) is 4.59. The van der Waals surface area contributed by atoms with Crippen molar-refractivity contribution in [1.82, 2.24) is 19.6 Å². The van der Waals surface area contributed by atoms with Crippen LogP contribution in [-0.4, -0.2) is 39.8 Å².